The van der Waals surface area contributed by atoms with E-state index < -0.39 is 10.0 Å². The van der Waals surface area contributed by atoms with Gasteiger partial charge in [-0.1, -0.05) is 11.6 Å². The van der Waals surface area contributed by atoms with Crippen LogP contribution < -0.4 is 5.32 Å². The molecule has 3 atom stereocenters. The molecule has 2 saturated heterocycles. The highest BCUT2D eigenvalue weighted by atomic mass is 35.5. The lowest BCUT2D eigenvalue weighted by atomic mass is 9.99. The van der Waals surface area contributed by atoms with Crippen LogP contribution in [0.1, 0.15) is 36.0 Å². The van der Waals surface area contributed by atoms with Crippen LogP contribution >= 0.6 is 22.9 Å². The molecule has 0 aliphatic carbocycles. The van der Waals surface area contributed by atoms with Crippen molar-refractivity contribution in [3.63, 3.8) is 0 Å². The molecule has 4 heterocycles. The number of hydrogen-bond acceptors (Lipinski definition) is 5. The molecule has 26 heavy (non-hydrogen) atoms. The van der Waals surface area contributed by atoms with Crippen molar-refractivity contribution in [2.24, 2.45) is 0 Å². The van der Waals surface area contributed by atoms with E-state index in [-0.39, 0.29) is 24.0 Å². The molecule has 2 aromatic heterocycles. The molecule has 2 aromatic rings. The maximum atomic E-state index is 13.0. The molecule has 9 heteroatoms. The Morgan fingerprint density at radius 3 is 2.38 bits per heavy atom. The van der Waals surface area contributed by atoms with Crippen LogP contribution in [0.25, 0.3) is 0 Å². The summed E-state index contributed by atoms with van der Waals surface area (Å²) in [4.78, 5) is 16.3. The van der Waals surface area contributed by atoms with Gasteiger partial charge in [0.1, 0.15) is 4.21 Å². The van der Waals surface area contributed by atoms with Gasteiger partial charge in [-0.25, -0.2) is 8.42 Å². The van der Waals surface area contributed by atoms with Gasteiger partial charge in [0.25, 0.3) is 15.9 Å². The number of sulfonamides is 1. The number of fused-ring (bicyclic) bond motifs is 2. The van der Waals surface area contributed by atoms with E-state index in [0.29, 0.717) is 27.0 Å². The highest BCUT2D eigenvalue weighted by molar-refractivity contribution is 7.91. The fourth-order valence-electron chi connectivity index (χ4n) is 3.96. The van der Waals surface area contributed by atoms with Gasteiger partial charge in [-0.3, -0.25) is 9.78 Å². The Hall–Kier alpha value is -1.48. The number of aromatic nitrogens is 1. The molecule has 2 aliphatic heterocycles. The number of rotatable bonds is 4. The Balaban J connectivity index is 1.49. The van der Waals surface area contributed by atoms with Gasteiger partial charge in [0.05, 0.1) is 4.34 Å². The van der Waals surface area contributed by atoms with Crippen molar-refractivity contribution >= 4 is 38.9 Å². The number of halogens is 1. The van der Waals surface area contributed by atoms with Crippen molar-refractivity contribution in [1.82, 2.24) is 14.6 Å². The smallest absolute Gasteiger partial charge is 0.253 e. The second-order valence-electron chi connectivity index (χ2n) is 6.66. The lowest BCUT2D eigenvalue weighted by molar-refractivity contribution is 0.0909. The first-order valence-corrected chi connectivity index (χ1v) is 11.1. The third-order valence-corrected chi connectivity index (χ3v) is 8.73. The minimum absolute atomic E-state index is 0.0217. The number of pyridine rings is 1. The summed E-state index contributed by atoms with van der Waals surface area (Å²) < 4.78 is 28.4. The molecule has 6 nitrogen and oxygen atoms in total. The van der Waals surface area contributed by atoms with Crippen LogP contribution in [0.2, 0.25) is 4.34 Å². The Morgan fingerprint density at radius 2 is 1.81 bits per heavy atom. The Bertz CT molecular complexity index is 902. The standard InChI is InChI=1S/C17H18ClN3O3S2/c18-15-3-4-16(25-15)26(23,24)21-13-1-2-14(21)10-12(9-13)20-17(22)11-5-7-19-8-6-11/h3-8,12-14H,1-2,9-10H2,(H,20,22)/t12?,13-,14+. The van der Waals surface area contributed by atoms with Gasteiger partial charge in [-0.2, -0.15) is 4.31 Å². The van der Waals surface area contributed by atoms with Gasteiger partial charge in [-0.15, -0.1) is 11.3 Å². The first-order chi connectivity index (χ1) is 12.4. The number of carbonyl (C=O) groups is 1. The monoisotopic (exact) mass is 411 g/mol. The molecule has 2 bridgehead atoms. The summed E-state index contributed by atoms with van der Waals surface area (Å²) in [5, 5.41) is 3.05. The average Bonchev–Trinajstić information content (AvgIpc) is 3.18. The van der Waals surface area contributed by atoms with Crippen molar-refractivity contribution in [3.05, 3.63) is 46.6 Å². The number of piperidine rings is 1. The molecule has 0 aromatic carbocycles. The van der Waals surface area contributed by atoms with E-state index in [9.17, 15) is 13.2 Å². The molecule has 0 saturated carbocycles. The molecular weight excluding hydrogens is 394 g/mol. The van der Waals surface area contributed by atoms with E-state index in [1.165, 1.54) is 0 Å². The van der Waals surface area contributed by atoms with Crippen LogP contribution in [0, 0.1) is 0 Å². The summed E-state index contributed by atoms with van der Waals surface area (Å²) in [7, 11) is -3.53. The Kier molecular flexibility index (Phi) is 4.77. The number of amides is 1. The van der Waals surface area contributed by atoms with E-state index >= 15 is 0 Å². The highest BCUT2D eigenvalue weighted by Gasteiger charge is 2.47. The molecule has 2 fully saturated rings. The first kappa shape index (κ1) is 17.9. The maximum absolute atomic E-state index is 13.0. The van der Waals surface area contributed by atoms with Crippen LogP contribution in [0.4, 0.5) is 0 Å². The fraction of sp³-hybridized carbons (Fsp3) is 0.412. The summed E-state index contributed by atoms with van der Waals surface area (Å²) in [6.07, 6.45) is 6.08. The zero-order valence-corrected chi connectivity index (χ0v) is 16.2. The zero-order chi connectivity index (χ0) is 18.3. The van der Waals surface area contributed by atoms with Crippen LogP contribution in [0.5, 0.6) is 0 Å². The molecule has 1 N–H and O–H groups in total. The van der Waals surface area contributed by atoms with Crippen LogP contribution in [0.3, 0.4) is 0 Å². The SMILES string of the molecule is O=C(NC1C[C@H]2CC[C@@H](C1)N2S(=O)(=O)c1ccc(Cl)s1)c1ccncc1. The van der Waals surface area contributed by atoms with E-state index in [4.69, 9.17) is 11.6 Å². The summed E-state index contributed by atoms with van der Waals surface area (Å²) in [6, 6.07) is 6.34. The van der Waals surface area contributed by atoms with Gasteiger partial charge in [-0.05, 0) is 49.9 Å². The van der Waals surface area contributed by atoms with Gasteiger partial charge in [0.15, 0.2) is 0 Å². The van der Waals surface area contributed by atoms with Crippen molar-refractivity contribution < 1.29 is 13.2 Å². The number of carbonyl (C=O) groups excluding carboxylic acids is 1. The topological polar surface area (TPSA) is 79.4 Å². The molecule has 0 spiro atoms. The van der Waals surface area contributed by atoms with Gasteiger partial charge in [0, 0.05) is 36.1 Å². The van der Waals surface area contributed by atoms with E-state index in [0.717, 1.165) is 24.2 Å². The fourth-order valence-corrected chi connectivity index (χ4v) is 7.44. The highest BCUT2D eigenvalue weighted by Crippen LogP contribution is 2.41. The maximum Gasteiger partial charge on any atom is 0.253 e. The molecule has 138 valence electrons. The lowest BCUT2D eigenvalue weighted by Crippen LogP contribution is -2.52. The normalized spacial score (nSPS) is 26.0. The zero-order valence-electron chi connectivity index (χ0n) is 13.8. The van der Waals surface area contributed by atoms with Crippen molar-refractivity contribution in [3.8, 4) is 0 Å². The number of nitrogens with zero attached hydrogens (tertiary/aromatic N) is 2. The van der Waals surface area contributed by atoms with Crippen molar-refractivity contribution in [1.29, 1.82) is 0 Å². The quantitative estimate of drug-likeness (QED) is 0.838. The number of hydrogen-bond donors (Lipinski definition) is 1. The van der Waals surface area contributed by atoms with Gasteiger partial charge in [0.2, 0.25) is 0 Å². The molecular formula is C17H18ClN3O3S2. The second-order valence-corrected chi connectivity index (χ2v) is 10.4. The molecule has 2 aliphatic rings. The predicted octanol–water partition coefficient (Wildman–Crippen LogP) is 2.91. The number of thiophene rings is 1. The van der Waals surface area contributed by atoms with Gasteiger partial charge >= 0.3 is 0 Å². The van der Waals surface area contributed by atoms with E-state index in [1.54, 1.807) is 41.0 Å². The van der Waals surface area contributed by atoms with Crippen LogP contribution in [-0.2, 0) is 10.0 Å². The summed E-state index contributed by atoms with van der Waals surface area (Å²) in [5.74, 6) is -0.141. The summed E-state index contributed by atoms with van der Waals surface area (Å²) in [5.41, 5.74) is 0.565. The third kappa shape index (κ3) is 3.26. The van der Waals surface area contributed by atoms with E-state index in [1.807, 2.05) is 0 Å². The summed E-state index contributed by atoms with van der Waals surface area (Å²) >= 11 is 7.01. The largest absolute Gasteiger partial charge is 0.349 e. The minimum Gasteiger partial charge on any atom is -0.349 e. The second kappa shape index (κ2) is 6.92. The Labute approximate surface area is 161 Å². The van der Waals surface area contributed by atoms with Crippen molar-refractivity contribution in [2.45, 2.75) is 48.0 Å². The van der Waals surface area contributed by atoms with Crippen LogP contribution in [-0.4, -0.2) is 41.7 Å². The van der Waals surface area contributed by atoms with Crippen LogP contribution in [0.15, 0.2) is 40.9 Å². The molecule has 1 amide bonds. The predicted molar refractivity (Wildman–Crippen MR) is 99.9 cm³/mol. The molecule has 1 unspecified atom stereocenters. The van der Waals surface area contributed by atoms with E-state index in [2.05, 4.69) is 10.3 Å². The molecule has 0 radical (unpaired) electrons. The molecule has 4 rings (SSSR count). The van der Waals surface area contributed by atoms with Crippen molar-refractivity contribution in [2.75, 3.05) is 0 Å². The summed E-state index contributed by atoms with van der Waals surface area (Å²) in [6.45, 7) is 0. The lowest BCUT2D eigenvalue weighted by Gasteiger charge is -2.37. The third-order valence-electron chi connectivity index (χ3n) is 5.02. The number of nitrogens with one attached hydrogen (secondary N) is 1. The average molecular weight is 412 g/mol. The Morgan fingerprint density at radius 1 is 1.15 bits per heavy atom. The minimum atomic E-state index is -3.53. The first-order valence-electron chi connectivity index (χ1n) is 8.45. The van der Waals surface area contributed by atoms with Gasteiger partial charge < -0.3 is 5.32 Å².